The highest BCUT2D eigenvalue weighted by molar-refractivity contribution is 5.78. The first-order chi connectivity index (χ1) is 14.2. The number of rotatable bonds is 6. The van der Waals surface area contributed by atoms with Gasteiger partial charge in [-0.05, 0) is 75.0 Å². The second kappa shape index (κ2) is 7.90. The van der Waals surface area contributed by atoms with Crippen molar-refractivity contribution in [2.45, 2.75) is 51.5 Å². The van der Waals surface area contributed by atoms with Crippen molar-refractivity contribution in [3.8, 4) is 5.69 Å². The molecule has 0 bridgehead atoms. The molecule has 1 N–H and O–H groups in total. The van der Waals surface area contributed by atoms with Crippen molar-refractivity contribution in [1.82, 2.24) is 25.0 Å². The van der Waals surface area contributed by atoms with Crippen LogP contribution in [0, 0.1) is 17.3 Å². The van der Waals surface area contributed by atoms with Crippen molar-refractivity contribution in [3.05, 3.63) is 42.5 Å². The van der Waals surface area contributed by atoms with Crippen LogP contribution in [0.1, 0.15) is 50.8 Å². The van der Waals surface area contributed by atoms with Crippen LogP contribution in [-0.2, 0) is 11.3 Å². The summed E-state index contributed by atoms with van der Waals surface area (Å²) in [4.78, 5) is 19.5. The number of nitrogens with zero attached hydrogens (tertiary/aromatic N) is 4. The lowest BCUT2D eigenvalue weighted by Crippen LogP contribution is -2.37. The fourth-order valence-electron chi connectivity index (χ4n) is 5.14. The van der Waals surface area contributed by atoms with E-state index in [1.54, 1.807) is 6.33 Å². The lowest BCUT2D eigenvalue weighted by molar-refractivity contribution is -0.126. The van der Waals surface area contributed by atoms with Crippen LogP contribution in [0.25, 0.3) is 5.69 Å². The van der Waals surface area contributed by atoms with E-state index in [9.17, 15) is 4.79 Å². The van der Waals surface area contributed by atoms with Gasteiger partial charge in [-0.15, -0.1) is 0 Å². The first kappa shape index (κ1) is 18.8. The molecule has 1 amide bonds. The van der Waals surface area contributed by atoms with Crippen molar-refractivity contribution < 1.29 is 4.79 Å². The SMILES string of the molecule is O=C(NCC1CCN(Cc2ncnn2-c2ccccc2)C1)C1CCC2(CC1)CC2. The fourth-order valence-corrected chi connectivity index (χ4v) is 5.14. The van der Waals surface area contributed by atoms with Gasteiger partial charge in [0.1, 0.15) is 12.2 Å². The summed E-state index contributed by atoms with van der Waals surface area (Å²) in [5, 5.41) is 7.66. The minimum atomic E-state index is 0.253. The Morgan fingerprint density at radius 2 is 1.90 bits per heavy atom. The molecule has 1 unspecified atom stereocenters. The minimum absolute atomic E-state index is 0.253. The average molecular weight is 394 g/mol. The van der Waals surface area contributed by atoms with Crippen LogP contribution < -0.4 is 5.32 Å². The van der Waals surface area contributed by atoms with Crippen LogP contribution >= 0.6 is 0 Å². The molecule has 2 aromatic rings. The maximum absolute atomic E-state index is 12.6. The Morgan fingerprint density at radius 3 is 2.66 bits per heavy atom. The highest BCUT2D eigenvalue weighted by Gasteiger charge is 2.45. The Labute approximate surface area is 172 Å². The number of carbonyl (C=O) groups excluding carboxylic acids is 1. The molecule has 2 aliphatic carbocycles. The molecule has 1 aromatic heterocycles. The van der Waals surface area contributed by atoms with Crippen molar-refractivity contribution in [2.75, 3.05) is 19.6 Å². The Hall–Kier alpha value is -2.21. The maximum Gasteiger partial charge on any atom is 0.223 e. The molecule has 1 atom stereocenters. The Kier molecular flexibility index (Phi) is 5.12. The minimum Gasteiger partial charge on any atom is -0.356 e. The van der Waals surface area contributed by atoms with E-state index in [0.29, 0.717) is 17.2 Å². The van der Waals surface area contributed by atoms with Gasteiger partial charge in [0, 0.05) is 19.0 Å². The first-order valence-electron chi connectivity index (χ1n) is 11.2. The lowest BCUT2D eigenvalue weighted by atomic mass is 9.79. The van der Waals surface area contributed by atoms with Gasteiger partial charge < -0.3 is 5.32 Å². The molecule has 0 radical (unpaired) electrons. The maximum atomic E-state index is 12.6. The topological polar surface area (TPSA) is 63.1 Å². The van der Waals surface area contributed by atoms with E-state index in [2.05, 4.69) is 32.4 Å². The van der Waals surface area contributed by atoms with Gasteiger partial charge in [0.25, 0.3) is 0 Å². The molecular weight excluding hydrogens is 362 g/mol. The van der Waals surface area contributed by atoms with E-state index >= 15 is 0 Å². The van der Waals surface area contributed by atoms with Gasteiger partial charge >= 0.3 is 0 Å². The number of para-hydroxylation sites is 1. The largest absolute Gasteiger partial charge is 0.356 e. The molecule has 6 nitrogen and oxygen atoms in total. The van der Waals surface area contributed by atoms with Gasteiger partial charge in [0.2, 0.25) is 5.91 Å². The Balaban J connectivity index is 1.09. The van der Waals surface area contributed by atoms with E-state index in [-0.39, 0.29) is 5.92 Å². The Bertz CT molecular complexity index is 834. The summed E-state index contributed by atoms with van der Waals surface area (Å²) in [6, 6.07) is 10.2. The monoisotopic (exact) mass is 393 g/mol. The summed E-state index contributed by atoms with van der Waals surface area (Å²) >= 11 is 0. The third kappa shape index (κ3) is 4.22. The molecule has 154 valence electrons. The standard InChI is InChI=1S/C23H31N5O/c29-22(19-6-9-23(10-7-19)11-12-23)24-14-18-8-13-27(15-18)16-21-25-17-26-28(21)20-4-2-1-3-5-20/h1-5,17-19H,6-16H2,(H,24,29). The number of benzene rings is 1. The molecule has 3 fully saturated rings. The van der Waals surface area contributed by atoms with Crippen molar-refractivity contribution in [3.63, 3.8) is 0 Å². The molecule has 1 spiro atoms. The number of aromatic nitrogens is 3. The number of hydrogen-bond donors (Lipinski definition) is 1. The van der Waals surface area contributed by atoms with Crippen LogP contribution in [0.5, 0.6) is 0 Å². The number of amides is 1. The molecule has 3 aliphatic rings. The quantitative estimate of drug-likeness (QED) is 0.819. The van der Waals surface area contributed by atoms with E-state index in [0.717, 1.165) is 57.0 Å². The van der Waals surface area contributed by atoms with Crippen LogP contribution in [0.15, 0.2) is 36.7 Å². The molecule has 1 aromatic carbocycles. The van der Waals surface area contributed by atoms with Gasteiger partial charge in [0.15, 0.2) is 0 Å². The molecule has 29 heavy (non-hydrogen) atoms. The predicted molar refractivity (Wildman–Crippen MR) is 111 cm³/mol. The fraction of sp³-hybridized carbons (Fsp3) is 0.609. The smallest absolute Gasteiger partial charge is 0.223 e. The van der Waals surface area contributed by atoms with Crippen LogP contribution in [0.4, 0.5) is 0 Å². The summed E-state index contributed by atoms with van der Waals surface area (Å²) in [6.45, 7) is 3.66. The Morgan fingerprint density at radius 1 is 1.10 bits per heavy atom. The van der Waals surface area contributed by atoms with Crippen molar-refractivity contribution >= 4 is 5.91 Å². The lowest BCUT2D eigenvalue weighted by Gasteiger charge is -2.28. The van der Waals surface area contributed by atoms with Crippen LogP contribution in [0.2, 0.25) is 0 Å². The summed E-state index contributed by atoms with van der Waals surface area (Å²) < 4.78 is 1.92. The van der Waals surface area contributed by atoms with Gasteiger partial charge in [-0.3, -0.25) is 9.69 Å². The van der Waals surface area contributed by atoms with Crippen LogP contribution in [-0.4, -0.2) is 45.2 Å². The van der Waals surface area contributed by atoms with E-state index < -0.39 is 0 Å². The number of likely N-dealkylation sites (tertiary alicyclic amines) is 1. The molecule has 2 heterocycles. The van der Waals surface area contributed by atoms with E-state index in [4.69, 9.17) is 0 Å². The predicted octanol–water partition coefficient (Wildman–Crippen LogP) is 3.18. The molecule has 6 heteroatoms. The molecular formula is C23H31N5O. The third-order valence-corrected chi connectivity index (χ3v) is 7.29. The van der Waals surface area contributed by atoms with Gasteiger partial charge in [-0.1, -0.05) is 18.2 Å². The van der Waals surface area contributed by atoms with Gasteiger partial charge in [-0.2, -0.15) is 5.10 Å². The van der Waals surface area contributed by atoms with Crippen molar-refractivity contribution in [1.29, 1.82) is 0 Å². The van der Waals surface area contributed by atoms with Crippen molar-refractivity contribution in [2.24, 2.45) is 17.3 Å². The van der Waals surface area contributed by atoms with E-state index in [1.807, 2.05) is 22.9 Å². The normalized spacial score (nSPS) is 24.1. The number of carbonyl (C=O) groups is 1. The first-order valence-corrected chi connectivity index (χ1v) is 11.2. The second-order valence-corrected chi connectivity index (χ2v) is 9.33. The van der Waals surface area contributed by atoms with Gasteiger partial charge in [0.05, 0.1) is 12.2 Å². The summed E-state index contributed by atoms with van der Waals surface area (Å²) in [7, 11) is 0. The molecule has 2 saturated carbocycles. The number of nitrogens with one attached hydrogen (secondary N) is 1. The summed E-state index contributed by atoms with van der Waals surface area (Å²) in [5.74, 6) is 2.05. The number of hydrogen-bond acceptors (Lipinski definition) is 4. The molecule has 1 saturated heterocycles. The highest BCUT2D eigenvalue weighted by Crippen LogP contribution is 2.57. The van der Waals surface area contributed by atoms with Crippen LogP contribution in [0.3, 0.4) is 0 Å². The molecule has 1 aliphatic heterocycles. The summed E-state index contributed by atoms with van der Waals surface area (Å²) in [6.07, 6.45) is 10.3. The molecule has 5 rings (SSSR count). The third-order valence-electron chi connectivity index (χ3n) is 7.29. The van der Waals surface area contributed by atoms with Gasteiger partial charge in [-0.25, -0.2) is 9.67 Å². The average Bonchev–Trinajstić information content (AvgIpc) is 3.15. The second-order valence-electron chi connectivity index (χ2n) is 9.33. The summed E-state index contributed by atoms with van der Waals surface area (Å²) in [5.41, 5.74) is 1.70. The highest BCUT2D eigenvalue weighted by atomic mass is 16.1. The zero-order chi connectivity index (χ0) is 19.7. The van der Waals surface area contributed by atoms with E-state index in [1.165, 1.54) is 25.7 Å². The zero-order valence-electron chi connectivity index (χ0n) is 17.1. The zero-order valence-corrected chi connectivity index (χ0v) is 17.1.